The number of amides is 1. The Balaban J connectivity index is 1.71. The molecule has 3 aromatic carbocycles. The first-order valence-electron chi connectivity index (χ1n) is 10.7. The number of hydrogen-bond donors (Lipinski definition) is 1. The number of aromatic nitrogens is 1. The van der Waals surface area contributed by atoms with Gasteiger partial charge in [-0.25, -0.2) is 4.98 Å². The van der Waals surface area contributed by atoms with Gasteiger partial charge in [-0.05, 0) is 60.2 Å². The number of thiazole rings is 1. The SMILES string of the molecule is COc1ccc(C(O)=C2C(=O)C(=O)N(c3nc4ccc(OC)cc4s3)[C@H]2c2ccc(Cl)c(Cl)c2)cc1. The fourth-order valence-electron chi connectivity index (χ4n) is 4.05. The third-order valence-electron chi connectivity index (χ3n) is 5.86. The smallest absolute Gasteiger partial charge is 0.301 e. The van der Waals surface area contributed by atoms with Crippen molar-refractivity contribution in [3.05, 3.63) is 87.4 Å². The molecule has 5 rings (SSSR count). The summed E-state index contributed by atoms with van der Waals surface area (Å²) in [5, 5.41) is 12.1. The largest absolute Gasteiger partial charge is 0.507 e. The molecule has 1 amide bonds. The minimum Gasteiger partial charge on any atom is -0.507 e. The first-order chi connectivity index (χ1) is 17.3. The van der Waals surface area contributed by atoms with Gasteiger partial charge in [0.15, 0.2) is 5.13 Å². The van der Waals surface area contributed by atoms with Gasteiger partial charge in [-0.15, -0.1) is 0 Å². The minimum atomic E-state index is -0.982. The van der Waals surface area contributed by atoms with Crippen LogP contribution in [0.15, 0.2) is 66.2 Å². The van der Waals surface area contributed by atoms with E-state index in [1.165, 1.54) is 23.3 Å². The lowest BCUT2D eigenvalue weighted by atomic mass is 9.95. The second-order valence-electron chi connectivity index (χ2n) is 7.90. The monoisotopic (exact) mass is 540 g/mol. The number of anilines is 1. The van der Waals surface area contributed by atoms with E-state index in [0.29, 0.717) is 38.3 Å². The second-order valence-corrected chi connectivity index (χ2v) is 9.72. The Morgan fingerprint density at radius 2 is 1.64 bits per heavy atom. The van der Waals surface area contributed by atoms with Crippen molar-refractivity contribution < 1.29 is 24.2 Å². The molecule has 10 heteroatoms. The van der Waals surface area contributed by atoms with Crippen molar-refractivity contribution >= 4 is 67.3 Å². The van der Waals surface area contributed by atoms with E-state index in [-0.39, 0.29) is 16.4 Å². The molecule has 0 unspecified atom stereocenters. The van der Waals surface area contributed by atoms with E-state index in [4.69, 9.17) is 32.7 Å². The van der Waals surface area contributed by atoms with Gasteiger partial charge in [0, 0.05) is 5.56 Å². The summed E-state index contributed by atoms with van der Waals surface area (Å²) in [7, 11) is 3.09. The van der Waals surface area contributed by atoms with Gasteiger partial charge in [0.05, 0.1) is 46.1 Å². The minimum absolute atomic E-state index is 0.0830. The molecule has 36 heavy (non-hydrogen) atoms. The fraction of sp³-hybridized carbons (Fsp3) is 0.115. The van der Waals surface area contributed by atoms with E-state index in [1.807, 2.05) is 0 Å². The number of methoxy groups -OCH3 is 2. The molecule has 1 saturated heterocycles. The van der Waals surface area contributed by atoms with Crippen molar-refractivity contribution in [1.82, 2.24) is 4.98 Å². The van der Waals surface area contributed by atoms with Gasteiger partial charge in [0.2, 0.25) is 0 Å². The van der Waals surface area contributed by atoms with Gasteiger partial charge in [-0.3, -0.25) is 14.5 Å². The molecule has 182 valence electrons. The molecule has 7 nitrogen and oxygen atoms in total. The van der Waals surface area contributed by atoms with Crippen LogP contribution in [-0.4, -0.2) is 36.0 Å². The summed E-state index contributed by atoms with van der Waals surface area (Å²) in [4.78, 5) is 32.6. The van der Waals surface area contributed by atoms with E-state index >= 15 is 0 Å². The van der Waals surface area contributed by atoms with E-state index in [9.17, 15) is 14.7 Å². The van der Waals surface area contributed by atoms with E-state index in [0.717, 1.165) is 4.70 Å². The molecule has 0 aliphatic carbocycles. The molecule has 0 radical (unpaired) electrons. The highest BCUT2D eigenvalue weighted by Crippen LogP contribution is 2.45. The highest BCUT2D eigenvalue weighted by molar-refractivity contribution is 7.22. The van der Waals surface area contributed by atoms with E-state index in [2.05, 4.69) is 4.98 Å². The van der Waals surface area contributed by atoms with Gasteiger partial charge in [0.25, 0.3) is 5.78 Å². The fourth-order valence-corrected chi connectivity index (χ4v) is 5.38. The highest BCUT2D eigenvalue weighted by atomic mass is 35.5. The molecule has 0 saturated carbocycles. The average Bonchev–Trinajstić information content (AvgIpc) is 3.42. The maximum atomic E-state index is 13.4. The number of fused-ring (bicyclic) bond motifs is 1. The number of aliphatic hydroxyl groups excluding tert-OH is 1. The Morgan fingerprint density at radius 3 is 2.31 bits per heavy atom. The van der Waals surface area contributed by atoms with Crippen molar-refractivity contribution in [3.8, 4) is 11.5 Å². The third-order valence-corrected chi connectivity index (χ3v) is 7.61. The van der Waals surface area contributed by atoms with Crippen LogP contribution >= 0.6 is 34.5 Å². The van der Waals surface area contributed by atoms with Gasteiger partial charge in [0.1, 0.15) is 17.3 Å². The van der Waals surface area contributed by atoms with Gasteiger partial charge in [-0.2, -0.15) is 0 Å². The summed E-state index contributed by atoms with van der Waals surface area (Å²) in [6.07, 6.45) is 0. The third kappa shape index (κ3) is 4.07. The van der Waals surface area contributed by atoms with Crippen molar-refractivity contribution in [2.24, 2.45) is 0 Å². The summed E-state index contributed by atoms with van der Waals surface area (Å²) < 4.78 is 11.2. The van der Waals surface area contributed by atoms with Crippen molar-refractivity contribution in [2.45, 2.75) is 6.04 Å². The van der Waals surface area contributed by atoms with E-state index in [1.54, 1.807) is 67.8 Å². The van der Waals surface area contributed by atoms with Crippen LogP contribution in [0.2, 0.25) is 10.0 Å². The second kappa shape index (κ2) is 9.46. The number of rotatable bonds is 5. The van der Waals surface area contributed by atoms with Crippen molar-refractivity contribution in [3.63, 3.8) is 0 Å². The summed E-state index contributed by atoms with van der Waals surface area (Å²) in [6.45, 7) is 0. The van der Waals surface area contributed by atoms with E-state index < -0.39 is 17.7 Å². The van der Waals surface area contributed by atoms with Crippen LogP contribution in [0.5, 0.6) is 11.5 Å². The Labute approximate surface area is 220 Å². The number of aliphatic hydroxyl groups is 1. The highest BCUT2D eigenvalue weighted by Gasteiger charge is 2.48. The van der Waals surface area contributed by atoms with Crippen molar-refractivity contribution in [1.29, 1.82) is 0 Å². The lowest BCUT2D eigenvalue weighted by Crippen LogP contribution is -2.29. The number of carbonyl (C=O) groups is 2. The van der Waals surface area contributed by atoms with Crippen LogP contribution in [0.3, 0.4) is 0 Å². The molecular weight excluding hydrogens is 523 g/mol. The lowest BCUT2D eigenvalue weighted by Gasteiger charge is -2.23. The summed E-state index contributed by atoms with van der Waals surface area (Å²) >= 11 is 13.7. The van der Waals surface area contributed by atoms with Crippen LogP contribution in [0.4, 0.5) is 5.13 Å². The average molecular weight is 541 g/mol. The number of Topliss-reactive ketones (excluding diaryl/α,β-unsaturated/α-hetero) is 1. The zero-order valence-corrected chi connectivity index (χ0v) is 21.3. The number of halogens is 2. The maximum Gasteiger partial charge on any atom is 0.301 e. The number of ketones is 1. The predicted octanol–water partition coefficient (Wildman–Crippen LogP) is 6.25. The Bertz CT molecular complexity index is 1550. The zero-order chi connectivity index (χ0) is 25.6. The number of carbonyl (C=O) groups excluding carboxylic acids is 2. The molecule has 2 heterocycles. The van der Waals surface area contributed by atoms with Gasteiger partial charge in [-0.1, -0.05) is 40.6 Å². The molecule has 1 fully saturated rings. The first kappa shape index (κ1) is 24.1. The normalized spacial score (nSPS) is 17.1. The van der Waals surface area contributed by atoms with Gasteiger partial charge < -0.3 is 14.6 Å². The number of ether oxygens (including phenoxy) is 2. The van der Waals surface area contributed by atoms with Crippen LogP contribution < -0.4 is 14.4 Å². The predicted molar refractivity (Wildman–Crippen MR) is 140 cm³/mol. The Morgan fingerprint density at radius 1 is 0.944 bits per heavy atom. The molecule has 1 aromatic heterocycles. The summed E-state index contributed by atoms with van der Waals surface area (Å²) in [6, 6.07) is 15.7. The molecule has 4 aromatic rings. The quantitative estimate of drug-likeness (QED) is 0.183. The number of nitrogens with zero attached hydrogens (tertiary/aromatic N) is 2. The summed E-state index contributed by atoms with van der Waals surface area (Å²) in [5.41, 5.74) is 1.41. The standard InChI is InChI=1S/C26H18Cl2N2O5S/c1-34-15-6-3-13(4-7-15)23(31)21-22(14-5-9-17(27)18(28)11-14)30(25(33)24(21)32)26-29-19-10-8-16(35-2)12-20(19)36-26/h3-12,22,31H,1-2H3/t22-/m0/s1. The topological polar surface area (TPSA) is 89.0 Å². The van der Waals surface area contributed by atoms with Crippen LogP contribution in [0, 0.1) is 0 Å². The number of benzene rings is 3. The molecule has 1 aliphatic heterocycles. The molecule has 1 N–H and O–H groups in total. The molecule has 0 spiro atoms. The maximum absolute atomic E-state index is 13.4. The zero-order valence-electron chi connectivity index (χ0n) is 19.0. The Hall–Kier alpha value is -3.59. The molecule has 0 bridgehead atoms. The van der Waals surface area contributed by atoms with Crippen LogP contribution in [0.25, 0.3) is 16.0 Å². The number of hydrogen-bond acceptors (Lipinski definition) is 7. The lowest BCUT2D eigenvalue weighted by molar-refractivity contribution is -0.132. The molecular formula is C26H18Cl2N2O5S. The van der Waals surface area contributed by atoms with Crippen molar-refractivity contribution in [2.75, 3.05) is 19.1 Å². The van der Waals surface area contributed by atoms with Gasteiger partial charge >= 0.3 is 5.91 Å². The molecule has 1 aliphatic rings. The summed E-state index contributed by atoms with van der Waals surface area (Å²) in [5.74, 6) is -0.751. The van der Waals surface area contributed by atoms with Crippen LogP contribution in [0.1, 0.15) is 17.2 Å². The van der Waals surface area contributed by atoms with Crippen LogP contribution in [-0.2, 0) is 9.59 Å². The first-order valence-corrected chi connectivity index (χ1v) is 12.2. The Kier molecular flexibility index (Phi) is 6.34. The molecule has 1 atom stereocenters.